The average Bonchev–Trinajstić information content (AvgIpc) is 2.53. The van der Waals surface area contributed by atoms with Crippen LogP contribution in [0.4, 0.5) is 5.82 Å². The van der Waals surface area contributed by atoms with Crippen molar-refractivity contribution >= 4 is 44.3 Å². The van der Waals surface area contributed by atoms with E-state index in [-0.39, 0.29) is 6.61 Å². The highest BCUT2D eigenvalue weighted by molar-refractivity contribution is 9.10. The quantitative estimate of drug-likeness (QED) is 0.879. The highest BCUT2D eigenvalue weighted by atomic mass is 79.9. The standard InChI is InChI=1S/C16H19BrClN3O/c17-13-10-12-2-3-15(19-16(12)14(18)11-13)21-7-5-20(6-8-21)4-1-9-22/h2-3,10-11,22H,1,4-9H2. The van der Waals surface area contributed by atoms with Gasteiger partial charge < -0.3 is 10.0 Å². The summed E-state index contributed by atoms with van der Waals surface area (Å²) in [4.78, 5) is 9.43. The molecule has 1 fully saturated rings. The maximum Gasteiger partial charge on any atom is 0.129 e. The number of aromatic nitrogens is 1. The van der Waals surface area contributed by atoms with Crippen LogP contribution in [-0.2, 0) is 0 Å². The molecule has 2 heterocycles. The number of benzene rings is 1. The van der Waals surface area contributed by atoms with Gasteiger partial charge in [0.25, 0.3) is 0 Å². The van der Waals surface area contributed by atoms with Gasteiger partial charge in [-0.2, -0.15) is 0 Å². The van der Waals surface area contributed by atoms with E-state index in [1.54, 1.807) is 0 Å². The number of aliphatic hydroxyl groups excluding tert-OH is 1. The zero-order valence-corrected chi connectivity index (χ0v) is 14.6. The molecule has 1 N–H and O–H groups in total. The van der Waals surface area contributed by atoms with Gasteiger partial charge >= 0.3 is 0 Å². The maximum atomic E-state index is 8.91. The van der Waals surface area contributed by atoms with Gasteiger partial charge in [-0.1, -0.05) is 27.5 Å². The summed E-state index contributed by atoms with van der Waals surface area (Å²) in [5.41, 5.74) is 0.852. The number of nitrogens with zero attached hydrogens (tertiary/aromatic N) is 3. The summed E-state index contributed by atoms with van der Waals surface area (Å²) < 4.78 is 0.969. The van der Waals surface area contributed by atoms with Gasteiger partial charge in [0.15, 0.2) is 0 Å². The lowest BCUT2D eigenvalue weighted by Gasteiger charge is -2.35. The van der Waals surface area contributed by atoms with Gasteiger partial charge in [0, 0.05) is 49.2 Å². The van der Waals surface area contributed by atoms with E-state index in [4.69, 9.17) is 21.7 Å². The number of hydrogen-bond acceptors (Lipinski definition) is 4. The molecular weight excluding hydrogens is 366 g/mol. The van der Waals surface area contributed by atoms with Crippen LogP contribution in [-0.4, -0.2) is 54.3 Å². The summed E-state index contributed by atoms with van der Waals surface area (Å²) >= 11 is 9.77. The van der Waals surface area contributed by atoms with Crippen LogP contribution < -0.4 is 4.90 Å². The van der Waals surface area contributed by atoms with E-state index in [0.29, 0.717) is 5.02 Å². The summed E-state index contributed by atoms with van der Waals surface area (Å²) in [5.74, 6) is 0.985. The van der Waals surface area contributed by atoms with Gasteiger partial charge in [-0.25, -0.2) is 4.98 Å². The lowest BCUT2D eigenvalue weighted by atomic mass is 10.2. The first-order valence-corrected chi connectivity index (χ1v) is 8.68. The molecule has 0 radical (unpaired) electrons. The van der Waals surface area contributed by atoms with Crippen LogP contribution in [0.2, 0.25) is 5.02 Å². The molecule has 4 nitrogen and oxygen atoms in total. The van der Waals surface area contributed by atoms with Gasteiger partial charge in [-0.05, 0) is 30.7 Å². The molecule has 1 saturated heterocycles. The number of pyridine rings is 1. The molecule has 6 heteroatoms. The Hall–Kier alpha value is -0.880. The number of anilines is 1. The third-order valence-electron chi connectivity index (χ3n) is 4.02. The van der Waals surface area contributed by atoms with Crippen molar-refractivity contribution < 1.29 is 5.11 Å². The number of rotatable bonds is 4. The molecule has 0 aliphatic carbocycles. The second-order valence-electron chi connectivity index (χ2n) is 5.53. The van der Waals surface area contributed by atoms with Gasteiger partial charge in [-0.3, -0.25) is 4.90 Å². The number of fused-ring (bicyclic) bond motifs is 1. The Balaban J connectivity index is 1.75. The molecule has 1 aliphatic heterocycles. The molecule has 0 atom stereocenters. The van der Waals surface area contributed by atoms with Crippen molar-refractivity contribution in [1.82, 2.24) is 9.88 Å². The summed E-state index contributed by atoms with van der Waals surface area (Å²) in [7, 11) is 0. The van der Waals surface area contributed by atoms with Crippen LogP contribution in [0.3, 0.4) is 0 Å². The van der Waals surface area contributed by atoms with Crippen LogP contribution in [0.5, 0.6) is 0 Å². The van der Waals surface area contributed by atoms with Crippen molar-refractivity contribution in [3.63, 3.8) is 0 Å². The van der Waals surface area contributed by atoms with Crippen molar-refractivity contribution in [2.45, 2.75) is 6.42 Å². The lowest BCUT2D eigenvalue weighted by Crippen LogP contribution is -2.47. The molecule has 2 aromatic rings. The monoisotopic (exact) mass is 383 g/mol. The summed E-state index contributed by atoms with van der Waals surface area (Å²) in [5, 5.41) is 10.6. The highest BCUT2D eigenvalue weighted by Gasteiger charge is 2.18. The predicted molar refractivity (Wildman–Crippen MR) is 94.8 cm³/mol. The summed E-state index contributed by atoms with van der Waals surface area (Å²) in [6, 6.07) is 8.05. The Morgan fingerprint density at radius 3 is 2.68 bits per heavy atom. The van der Waals surface area contributed by atoms with Crippen LogP contribution in [0, 0.1) is 0 Å². The van der Waals surface area contributed by atoms with Crippen LogP contribution in [0.1, 0.15) is 6.42 Å². The fourth-order valence-corrected chi connectivity index (χ4v) is 3.69. The van der Waals surface area contributed by atoms with Crippen molar-refractivity contribution in [2.75, 3.05) is 44.2 Å². The van der Waals surface area contributed by atoms with E-state index in [0.717, 1.165) is 60.3 Å². The van der Waals surface area contributed by atoms with E-state index >= 15 is 0 Å². The maximum absolute atomic E-state index is 8.91. The van der Waals surface area contributed by atoms with Crippen molar-refractivity contribution in [3.05, 3.63) is 33.8 Å². The summed E-state index contributed by atoms with van der Waals surface area (Å²) in [6.45, 7) is 5.16. The molecule has 22 heavy (non-hydrogen) atoms. The highest BCUT2D eigenvalue weighted by Crippen LogP contribution is 2.28. The minimum Gasteiger partial charge on any atom is -0.396 e. The lowest BCUT2D eigenvalue weighted by molar-refractivity contribution is 0.215. The second kappa shape index (κ2) is 7.13. The van der Waals surface area contributed by atoms with E-state index in [2.05, 4.69) is 37.9 Å². The molecule has 1 aromatic heterocycles. The fourth-order valence-electron chi connectivity index (χ4n) is 2.82. The van der Waals surface area contributed by atoms with Crippen molar-refractivity contribution in [2.24, 2.45) is 0 Å². The van der Waals surface area contributed by atoms with E-state index < -0.39 is 0 Å². The number of piperazine rings is 1. The number of hydrogen-bond donors (Lipinski definition) is 1. The molecule has 0 bridgehead atoms. The SMILES string of the molecule is OCCCN1CCN(c2ccc3cc(Br)cc(Cl)c3n2)CC1. The molecule has 0 unspecified atom stereocenters. The fraction of sp³-hybridized carbons (Fsp3) is 0.438. The van der Waals surface area contributed by atoms with Crippen LogP contribution in [0.15, 0.2) is 28.7 Å². The van der Waals surface area contributed by atoms with Crippen LogP contribution in [0.25, 0.3) is 10.9 Å². The number of halogens is 2. The average molecular weight is 385 g/mol. The van der Waals surface area contributed by atoms with Gasteiger partial charge in [0.2, 0.25) is 0 Å². The third kappa shape index (κ3) is 3.54. The Morgan fingerprint density at radius 1 is 1.18 bits per heavy atom. The predicted octanol–water partition coefficient (Wildman–Crippen LogP) is 3.16. The Bertz CT molecular complexity index is 659. The number of aliphatic hydroxyl groups is 1. The molecule has 0 spiro atoms. The first-order valence-electron chi connectivity index (χ1n) is 7.51. The normalized spacial score (nSPS) is 16.4. The Morgan fingerprint density at radius 2 is 1.95 bits per heavy atom. The Labute approximate surface area is 143 Å². The van der Waals surface area contributed by atoms with Gasteiger partial charge in [0.1, 0.15) is 5.82 Å². The molecule has 1 aromatic carbocycles. The topological polar surface area (TPSA) is 39.6 Å². The second-order valence-corrected chi connectivity index (χ2v) is 6.86. The zero-order chi connectivity index (χ0) is 15.5. The van der Waals surface area contributed by atoms with Crippen molar-refractivity contribution in [3.8, 4) is 0 Å². The van der Waals surface area contributed by atoms with Gasteiger partial charge in [0.05, 0.1) is 10.5 Å². The minimum atomic E-state index is 0.264. The zero-order valence-electron chi connectivity index (χ0n) is 12.3. The molecule has 1 aliphatic rings. The molecular formula is C16H19BrClN3O. The summed E-state index contributed by atoms with van der Waals surface area (Å²) in [6.07, 6.45) is 0.846. The van der Waals surface area contributed by atoms with E-state index in [1.165, 1.54) is 0 Å². The molecule has 0 amide bonds. The molecule has 118 valence electrons. The largest absolute Gasteiger partial charge is 0.396 e. The van der Waals surface area contributed by atoms with Gasteiger partial charge in [-0.15, -0.1) is 0 Å². The molecule has 0 saturated carbocycles. The smallest absolute Gasteiger partial charge is 0.129 e. The van der Waals surface area contributed by atoms with E-state index in [1.807, 2.05) is 12.1 Å². The minimum absolute atomic E-state index is 0.264. The first-order chi connectivity index (χ1) is 10.7. The Kier molecular flexibility index (Phi) is 5.18. The first kappa shape index (κ1) is 16.0. The third-order valence-corrected chi connectivity index (χ3v) is 4.77. The molecule has 3 rings (SSSR count). The van der Waals surface area contributed by atoms with E-state index in [9.17, 15) is 0 Å². The van der Waals surface area contributed by atoms with Crippen LogP contribution >= 0.6 is 27.5 Å². The van der Waals surface area contributed by atoms with Crippen molar-refractivity contribution in [1.29, 1.82) is 0 Å².